The molecule has 64 valence electrons. The summed E-state index contributed by atoms with van der Waals surface area (Å²) in [5, 5.41) is 8.94. The number of pyridine rings is 1. The molecular weight excluding hydrogens is 218 g/mol. The second-order valence-corrected chi connectivity index (χ2v) is 3.42. The zero-order valence-electron chi connectivity index (χ0n) is 6.74. The highest BCUT2D eigenvalue weighted by Gasteiger charge is 1.90. The molecule has 2 nitrogen and oxygen atoms in total. The summed E-state index contributed by atoms with van der Waals surface area (Å²) in [6.45, 7) is 1.70. The summed E-state index contributed by atoms with van der Waals surface area (Å²) in [6, 6.07) is 3.79. The maximum atomic E-state index is 8.94. The van der Waals surface area contributed by atoms with E-state index in [0.717, 1.165) is 10.2 Å². The molecule has 12 heavy (non-hydrogen) atoms. The van der Waals surface area contributed by atoms with Crippen molar-refractivity contribution in [2.24, 2.45) is 0 Å². The van der Waals surface area contributed by atoms with Gasteiger partial charge >= 0.3 is 0 Å². The van der Waals surface area contributed by atoms with E-state index in [1.165, 1.54) is 0 Å². The van der Waals surface area contributed by atoms with E-state index in [4.69, 9.17) is 5.11 Å². The number of hydrogen-bond donors (Lipinski definition) is 1. The van der Waals surface area contributed by atoms with E-state index in [-0.39, 0.29) is 0 Å². The average Bonchev–Trinajstić information content (AvgIpc) is 2.03. The predicted octanol–water partition coefficient (Wildman–Crippen LogP) is 2.24. The van der Waals surface area contributed by atoms with Crippen LogP contribution in [0.4, 0.5) is 0 Å². The molecule has 1 heterocycles. The lowest BCUT2D eigenvalue weighted by molar-refractivity contribution is 0.245. The first-order chi connectivity index (χ1) is 5.68. The van der Waals surface area contributed by atoms with Gasteiger partial charge in [0.1, 0.15) is 0 Å². The van der Waals surface area contributed by atoms with Gasteiger partial charge in [-0.2, -0.15) is 0 Å². The fraction of sp³-hybridized carbons (Fsp3) is 0.222. The van der Waals surface area contributed by atoms with Gasteiger partial charge in [-0.15, -0.1) is 0 Å². The number of rotatable bonds is 2. The van der Waals surface area contributed by atoms with Crippen molar-refractivity contribution < 1.29 is 5.11 Å². The van der Waals surface area contributed by atoms with Crippen LogP contribution in [-0.2, 0) is 0 Å². The van der Waals surface area contributed by atoms with Crippen LogP contribution in [0, 0.1) is 0 Å². The van der Waals surface area contributed by atoms with Crippen LogP contribution in [0.3, 0.4) is 0 Å². The van der Waals surface area contributed by atoms with E-state index >= 15 is 0 Å². The van der Waals surface area contributed by atoms with Gasteiger partial charge in [-0.25, -0.2) is 0 Å². The Labute approximate surface area is 80.1 Å². The van der Waals surface area contributed by atoms with E-state index in [9.17, 15) is 0 Å². The molecule has 0 aliphatic rings. The second kappa shape index (κ2) is 4.38. The summed E-state index contributed by atoms with van der Waals surface area (Å²) in [4.78, 5) is 4.11. The monoisotopic (exact) mass is 227 g/mol. The van der Waals surface area contributed by atoms with Crippen molar-refractivity contribution in [1.29, 1.82) is 0 Å². The minimum atomic E-state index is -0.421. The van der Waals surface area contributed by atoms with Gasteiger partial charge in [0.2, 0.25) is 0 Å². The number of hydrogen-bond acceptors (Lipinski definition) is 2. The minimum absolute atomic E-state index is 0.421. The summed E-state index contributed by atoms with van der Waals surface area (Å²) in [7, 11) is 0. The molecule has 0 saturated carbocycles. The zero-order valence-corrected chi connectivity index (χ0v) is 8.32. The van der Waals surface area contributed by atoms with Crippen molar-refractivity contribution in [2.45, 2.75) is 13.0 Å². The van der Waals surface area contributed by atoms with Crippen molar-refractivity contribution in [3.63, 3.8) is 0 Å². The molecule has 1 rings (SSSR count). The number of nitrogens with zero attached hydrogens (tertiary/aromatic N) is 1. The lowest BCUT2D eigenvalue weighted by Crippen LogP contribution is -1.91. The van der Waals surface area contributed by atoms with Crippen LogP contribution in [0.5, 0.6) is 0 Å². The molecule has 1 N–H and O–H groups in total. The molecule has 0 unspecified atom stereocenters. The largest absolute Gasteiger partial charge is 0.389 e. The number of aliphatic hydroxyl groups is 1. The van der Waals surface area contributed by atoms with E-state index in [0.29, 0.717) is 0 Å². The normalized spacial score (nSPS) is 13.6. The van der Waals surface area contributed by atoms with Gasteiger partial charge in [-0.05, 0) is 41.1 Å². The maximum Gasteiger partial charge on any atom is 0.0696 e. The highest BCUT2D eigenvalue weighted by atomic mass is 79.9. The molecule has 0 spiro atoms. The molecule has 1 aromatic heterocycles. The Kier molecular flexibility index (Phi) is 3.44. The number of aliphatic hydroxyl groups excluding tert-OH is 1. The van der Waals surface area contributed by atoms with Crippen LogP contribution in [0.2, 0.25) is 0 Å². The van der Waals surface area contributed by atoms with Gasteiger partial charge in [-0.3, -0.25) is 4.98 Å². The predicted molar refractivity (Wildman–Crippen MR) is 52.7 cm³/mol. The van der Waals surface area contributed by atoms with E-state index in [1.54, 1.807) is 25.3 Å². The van der Waals surface area contributed by atoms with Crippen LogP contribution in [-0.4, -0.2) is 16.2 Å². The molecule has 0 saturated heterocycles. The highest BCUT2D eigenvalue weighted by molar-refractivity contribution is 9.10. The Morgan fingerprint density at radius 1 is 1.58 bits per heavy atom. The molecule has 1 atom stereocenters. The van der Waals surface area contributed by atoms with Crippen LogP contribution < -0.4 is 0 Å². The van der Waals surface area contributed by atoms with Crippen molar-refractivity contribution >= 4 is 22.0 Å². The molecule has 0 bridgehead atoms. The molecule has 0 amide bonds. The lowest BCUT2D eigenvalue weighted by atomic mass is 10.3. The first-order valence-corrected chi connectivity index (χ1v) is 4.45. The number of aromatic nitrogens is 1. The summed E-state index contributed by atoms with van der Waals surface area (Å²) in [6.07, 6.45) is 4.78. The van der Waals surface area contributed by atoms with E-state index < -0.39 is 6.10 Å². The summed E-state index contributed by atoms with van der Waals surface area (Å²) < 4.78 is 0.955. The highest BCUT2D eigenvalue weighted by Crippen LogP contribution is 2.08. The Bertz CT molecular complexity index is 266. The van der Waals surface area contributed by atoms with Gasteiger partial charge in [-0.1, -0.05) is 6.08 Å². The minimum Gasteiger partial charge on any atom is -0.389 e. The molecule has 0 radical (unpaired) electrons. The fourth-order valence-corrected chi connectivity index (χ4v) is 0.958. The topological polar surface area (TPSA) is 33.1 Å². The van der Waals surface area contributed by atoms with E-state index in [2.05, 4.69) is 20.9 Å². The molecule has 3 heteroatoms. The van der Waals surface area contributed by atoms with Crippen molar-refractivity contribution in [2.75, 3.05) is 0 Å². The van der Waals surface area contributed by atoms with Crippen LogP contribution in [0.15, 0.2) is 28.9 Å². The Hall–Kier alpha value is -0.670. The third-order valence-corrected chi connectivity index (χ3v) is 1.76. The quantitative estimate of drug-likeness (QED) is 0.841. The van der Waals surface area contributed by atoms with Gasteiger partial charge in [0.05, 0.1) is 11.8 Å². The SMILES string of the molecule is C[C@@H](O)/C=C\c1ccc(Br)cn1. The van der Waals surface area contributed by atoms with Crippen LogP contribution in [0.25, 0.3) is 6.08 Å². The van der Waals surface area contributed by atoms with Crippen LogP contribution in [0.1, 0.15) is 12.6 Å². The summed E-state index contributed by atoms with van der Waals surface area (Å²) >= 11 is 3.29. The van der Waals surface area contributed by atoms with Crippen LogP contribution >= 0.6 is 15.9 Å². The third kappa shape index (κ3) is 3.15. The second-order valence-electron chi connectivity index (χ2n) is 2.50. The zero-order chi connectivity index (χ0) is 8.97. The Morgan fingerprint density at radius 3 is 2.83 bits per heavy atom. The standard InChI is InChI=1S/C9H10BrNO/c1-7(12)2-4-9-5-3-8(10)6-11-9/h2-7,12H,1H3/b4-2-/t7-/m1/s1. The van der Waals surface area contributed by atoms with E-state index in [1.807, 2.05) is 12.1 Å². The fourth-order valence-electron chi connectivity index (χ4n) is 0.724. The summed E-state index contributed by atoms with van der Waals surface area (Å²) in [5.74, 6) is 0. The molecule has 0 fully saturated rings. The van der Waals surface area contributed by atoms with Gasteiger partial charge in [0.15, 0.2) is 0 Å². The average molecular weight is 228 g/mol. The van der Waals surface area contributed by atoms with Gasteiger partial charge < -0.3 is 5.11 Å². The molecule has 0 aromatic carbocycles. The van der Waals surface area contributed by atoms with Crippen molar-refractivity contribution in [1.82, 2.24) is 4.98 Å². The van der Waals surface area contributed by atoms with Gasteiger partial charge in [0, 0.05) is 10.7 Å². The van der Waals surface area contributed by atoms with Gasteiger partial charge in [0.25, 0.3) is 0 Å². The van der Waals surface area contributed by atoms with Crippen molar-refractivity contribution in [3.8, 4) is 0 Å². The van der Waals surface area contributed by atoms with Crippen molar-refractivity contribution in [3.05, 3.63) is 34.6 Å². The molecule has 0 aliphatic carbocycles. The first kappa shape index (κ1) is 9.42. The first-order valence-electron chi connectivity index (χ1n) is 3.66. The smallest absolute Gasteiger partial charge is 0.0696 e. The Balaban J connectivity index is 2.71. The molecular formula is C9H10BrNO. The molecule has 0 aliphatic heterocycles. The maximum absolute atomic E-state index is 8.94. The Morgan fingerprint density at radius 2 is 2.33 bits per heavy atom. The number of halogens is 1. The summed E-state index contributed by atoms with van der Waals surface area (Å²) in [5.41, 5.74) is 0.846. The molecule has 1 aromatic rings. The lowest BCUT2D eigenvalue weighted by Gasteiger charge is -1.94. The third-order valence-electron chi connectivity index (χ3n) is 1.30.